The van der Waals surface area contributed by atoms with Gasteiger partial charge in [0.1, 0.15) is 11.6 Å². The molecule has 1 rings (SSSR count). The molecule has 7 heteroatoms. The third-order valence-electron chi connectivity index (χ3n) is 2.31. The molecular formula is C13H15F2NO4. The van der Waals surface area contributed by atoms with Crippen molar-refractivity contribution in [2.45, 2.75) is 13.0 Å². The van der Waals surface area contributed by atoms with Crippen LogP contribution in [0.4, 0.5) is 8.78 Å². The average Bonchev–Trinajstić information content (AvgIpc) is 2.36. The van der Waals surface area contributed by atoms with Crippen molar-refractivity contribution in [3.63, 3.8) is 0 Å². The highest BCUT2D eigenvalue weighted by Crippen LogP contribution is 2.10. The van der Waals surface area contributed by atoms with Gasteiger partial charge in [0.2, 0.25) is 0 Å². The van der Waals surface area contributed by atoms with Crippen molar-refractivity contribution in [3.05, 3.63) is 35.4 Å². The van der Waals surface area contributed by atoms with Crippen molar-refractivity contribution in [1.82, 2.24) is 5.32 Å². The summed E-state index contributed by atoms with van der Waals surface area (Å²) in [5, 5.41) is 2.52. The number of hydrogen-bond acceptors (Lipinski definition) is 4. The van der Waals surface area contributed by atoms with Crippen LogP contribution in [0.15, 0.2) is 18.2 Å². The van der Waals surface area contributed by atoms with E-state index in [0.717, 1.165) is 12.1 Å². The van der Waals surface area contributed by atoms with Gasteiger partial charge in [-0.25, -0.2) is 13.6 Å². The Morgan fingerprint density at radius 1 is 1.35 bits per heavy atom. The zero-order valence-corrected chi connectivity index (χ0v) is 11.1. The largest absolute Gasteiger partial charge is 0.452 e. The number of methoxy groups -OCH3 is 1. The highest BCUT2D eigenvalue weighted by Gasteiger charge is 2.16. The van der Waals surface area contributed by atoms with Crippen molar-refractivity contribution in [2.75, 3.05) is 20.3 Å². The third-order valence-corrected chi connectivity index (χ3v) is 2.31. The van der Waals surface area contributed by atoms with Crippen molar-refractivity contribution in [2.24, 2.45) is 0 Å². The monoisotopic (exact) mass is 287 g/mol. The molecule has 0 heterocycles. The number of rotatable bonds is 6. The summed E-state index contributed by atoms with van der Waals surface area (Å²) in [6.07, 6.45) is 0. The minimum absolute atomic E-state index is 0.242. The van der Waals surface area contributed by atoms with Crippen LogP contribution in [0.3, 0.4) is 0 Å². The molecule has 1 amide bonds. The summed E-state index contributed by atoms with van der Waals surface area (Å²) in [5.74, 6) is -3.41. The number of ether oxygens (including phenoxy) is 2. The maximum atomic E-state index is 13.3. The number of nitrogens with one attached hydrogen (secondary N) is 1. The van der Waals surface area contributed by atoms with Gasteiger partial charge in [-0.3, -0.25) is 4.79 Å². The number of hydrogen-bond donors (Lipinski definition) is 1. The lowest BCUT2D eigenvalue weighted by Gasteiger charge is -2.12. The van der Waals surface area contributed by atoms with E-state index in [0.29, 0.717) is 12.7 Å². The molecule has 5 nitrogen and oxygen atoms in total. The Balaban J connectivity index is 2.49. The van der Waals surface area contributed by atoms with E-state index in [1.165, 1.54) is 7.11 Å². The number of esters is 1. The summed E-state index contributed by atoms with van der Waals surface area (Å²) in [7, 11) is 1.49. The summed E-state index contributed by atoms with van der Waals surface area (Å²) >= 11 is 0. The first-order valence-electron chi connectivity index (χ1n) is 5.84. The normalized spacial score (nSPS) is 11.8. The van der Waals surface area contributed by atoms with Gasteiger partial charge in [0.05, 0.1) is 12.2 Å². The molecule has 0 bridgehead atoms. The van der Waals surface area contributed by atoms with Crippen LogP contribution in [0.5, 0.6) is 0 Å². The van der Waals surface area contributed by atoms with E-state index in [-0.39, 0.29) is 6.04 Å². The fraction of sp³-hybridized carbons (Fsp3) is 0.385. The number of halogens is 2. The quantitative estimate of drug-likeness (QED) is 0.800. The van der Waals surface area contributed by atoms with Gasteiger partial charge in [-0.2, -0.15) is 0 Å². The molecule has 110 valence electrons. The molecule has 0 saturated carbocycles. The van der Waals surface area contributed by atoms with Crippen LogP contribution in [0.2, 0.25) is 0 Å². The highest BCUT2D eigenvalue weighted by molar-refractivity contribution is 5.91. The van der Waals surface area contributed by atoms with Gasteiger partial charge >= 0.3 is 5.97 Å². The molecule has 0 spiro atoms. The van der Waals surface area contributed by atoms with Gasteiger partial charge in [-0.15, -0.1) is 0 Å². The first-order chi connectivity index (χ1) is 9.43. The highest BCUT2D eigenvalue weighted by atomic mass is 19.1. The summed E-state index contributed by atoms with van der Waals surface area (Å²) < 4.78 is 35.4. The summed E-state index contributed by atoms with van der Waals surface area (Å²) in [6, 6.07) is 2.21. The standard InChI is InChI=1S/C13H15F2NO4/c1-8(6-19-2)16-12(17)7-20-13(18)10-4-3-9(14)5-11(10)15/h3-5,8H,6-7H2,1-2H3,(H,16,17). The van der Waals surface area contributed by atoms with Gasteiger partial charge in [0.15, 0.2) is 6.61 Å². The summed E-state index contributed by atoms with van der Waals surface area (Å²) in [5.41, 5.74) is -0.427. The van der Waals surface area contributed by atoms with Gasteiger partial charge in [-0.05, 0) is 19.1 Å². The Hall–Kier alpha value is -2.02. The Morgan fingerprint density at radius 2 is 2.05 bits per heavy atom. The maximum absolute atomic E-state index is 13.3. The molecule has 1 aromatic rings. The molecule has 0 saturated heterocycles. The first-order valence-corrected chi connectivity index (χ1v) is 5.84. The van der Waals surface area contributed by atoms with Crippen LogP contribution in [-0.4, -0.2) is 38.2 Å². The summed E-state index contributed by atoms with van der Waals surface area (Å²) in [6.45, 7) is 1.47. The number of carbonyl (C=O) groups is 2. The molecule has 0 aliphatic carbocycles. The lowest BCUT2D eigenvalue weighted by Crippen LogP contribution is -2.38. The van der Waals surface area contributed by atoms with E-state index >= 15 is 0 Å². The zero-order chi connectivity index (χ0) is 15.1. The van der Waals surface area contributed by atoms with Gasteiger partial charge in [0, 0.05) is 19.2 Å². The molecule has 0 aliphatic heterocycles. The van der Waals surface area contributed by atoms with Crippen LogP contribution in [0.25, 0.3) is 0 Å². The Kier molecular flexibility index (Phi) is 6.05. The fourth-order valence-electron chi connectivity index (χ4n) is 1.47. The molecule has 1 N–H and O–H groups in total. The number of carbonyl (C=O) groups excluding carboxylic acids is 2. The van der Waals surface area contributed by atoms with Crippen molar-refractivity contribution < 1.29 is 27.8 Å². The smallest absolute Gasteiger partial charge is 0.341 e. The lowest BCUT2D eigenvalue weighted by molar-refractivity contribution is -0.125. The second-order valence-corrected chi connectivity index (χ2v) is 4.12. The second kappa shape index (κ2) is 7.54. The van der Waals surface area contributed by atoms with Crippen LogP contribution < -0.4 is 5.32 Å². The Labute approximate surface area is 114 Å². The van der Waals surface area contributed by atoms with Crippen molar-refractivity contribution in [1.29, 1.82) is 0 Å². The van der Waals surface area contributed by atoms with Gasteiger partial charge in [0.25, 0.3) is 5.91 Å². The average molecular weight is 287 g/mol. The summed E-state index contributed by atoms with van der Waals surface area (Å²) in [4.78, 5) is 22.9. The van der Waals surface area contributed by atoms with E-state index in [2.05, 4.69) is 10.1 Å². The zero-order valence-electron chi connectivity index (χ0n) is 11.1. The molecule has 0 aliphatic rings. The molecule has 0 fully saturated rings. The van der Waals surface area contributed by atoms with Crippen LogP contribution in [0.1, 0.15) is 17.3 Å². The molecule has 0 aromatic heterocycles. The van der Waals surface area contributed by atoms with E-state index in [9.17, 15) is 18.4 Å². The number of benzene rings is 1. The molecule has 1 unspecified atom stereocenters. The Morgan fingerprint density at radius 3 is 2.65 bits per heavy atom. The minimum Gasteiger partial charge on any atom is -0.452 e. The van der Waals surface area contributed by atoms with Crippen LogP contribution in [-0.2, 0) is 14.3 Å². The van der Waals surface area contributed by atoms with E-state index in [1.807, 2.05) is 0 Å². The van der Waals surface area contributed by atoms with Crippen molar-refractivity contribution >= 4 is 11.9 Å². The predicted molar refractivity (Wildman–Crippen MR) is 66.1 cm³/mol. The fourth-order valence-corrected chi connectivity index (χ4v) is 1.47. The molecule has 1 aromatic carbocycles. The minimum atomic E-state index is -1.04. The van der Waals surface area contributed by atoms with Gasteiger partial charge < -0.3 is 14.8 Å². The van der Waals surface area contributed by atoms with Crippen LogP contribution in [0, 0.1) is 11.6 Å². The maximum Gasteiger partial charge on any atom is 0.341 e. The first kappa shape index (κ1) is 16.0. The van der Waals surface area contributed by atoms with E-state index in [1.54, 1.807) is 6.92 Å². The molecule has 20 heavy (non-hydrogen) atoms. The predicted octanol–water partition coefficient (Wildman–Crippen LogP) is 1.27. The van der Waals surface area contributed by atoms with E-state index in [4.69, 9.17) is 4.74 Å². The van der Waals surface area contributed by atoms with Gasteiger partial charge in [-0.1, -0.05) is 0 Å². The van der Waals surface area contributed by atoms with Crippen molar-refractivity contribution in [3.8, 4) is 0 Å². The molecule has 0 radical (unpaired) electrons. The third kappa shape index (κ3) is 4.93. The SMILES string of the molecule is COCC(C)NC(=O)COC(=O)c1ccc(F)cc1F. The molecule has 1 atom stereocenters. The van der Waals surface area contributed by atoms with Crippen LogP contribution >= 0.6 is 0 Å². The lowest BCUT2D eigenvalue weighted by atomic mass is 10.2. The Bertz CT molecular complexity index is 493. The number of amides is 1. The topological polar surface area (TPSA) is 64.6 Å². The molecular weight excluding hydrogens is 272 g/mol. The second-order valence-electron chi connectivity index (χ2n) is 4.12. The van der Waals surface area contributed by atoms with E-state index < -0.39 is 35.7 Å².